The van der Waals surface area contributed by atoms with Crippen molar-refractivity contribution >= 4 is 0 Å². The van der Waals surface area contributed by atoms with Crippen molar-refractivity contribution < 1.29 is 0 Å². The highest BCUT2D eigenvalue weighted by atomic mass is 15.3. The zero-order chi connectivity index (χ0) is 5.66. The maximum Gasteiger partial charge on any atom is 0.0379 e. The summed E-state index contributed by atoms with van der Waals surface area (Å²) in [7, 11) is 0. The lowest BCUT2D eigenvalue weighted by Gasteiger charge is -2.09. The molecule has 0 aromatic carbocycles. The lowest BCUT2D eigenvalue weighted by atomic mass is 10.2. The summed E-state index contributed by atoms with van der Waals surface area (Å²) < 4.78 is 0. The van der Waals surface area contributed by atoms with Gasteiger partial charge in [-0.15, -0.1) is 0 Å². The van der Waals surface area contributed by atoms with E-state index in [4.69, 9.17) is 0 Å². The SMILES string of the molecule is [CH]1CCCCCNN1. The van der Waals surface area contributed by atoms with E-state index < -0.39 is 0 Å². The second kappa shape index (κ2) is 3.87. The normalized spacial score (nSPS) is 24.0. The van der Waals surface area contributed by atoms with E-state index in [1.165, 1.54) is 25.7 Å². The van der Waals surface area contributed by atoms with Gasteiger partial charge in [-0.3, -0.25) is 10.9 Å². The highest BCUT2D eigenvalue weighted by Gasteiger charge is 1.93. The van der Waals surface area contributed by atoms with Crippen molar-refractivity contribution in [3.8, 4) is 0 Å². The lowest BCUT2D eigenvalue weighted by Crippen LogP contribution is -2.31. The molecule has 1 saturated heterocycles. The maximum atomic E-state index is 3.08. The van der Waals surface area contributed by atoms with Crippen LogP contribution in [0.25, 0.3) is 0 Å². The van der Waals surface area contributed by atoms with Crippen molar-refractivity contribution in [2.75, 3.05) is 6.54 Å². The minimum absolute atomic E-state index is 1.11. The average Bonchev–Trinajstić information content (AvgIpc) is 1.62. The van der Waals surface area contributed by atoms with Gasteiger partial charge in [-0.25, -0.2) is 0 Å². The Bertz CT molecular complexity index is 30.5. The molecular formula is C6H13N2. The fraction of sp³-hybridized carbons (Fsp3) is 0.833. The molecule has 1 radical (unpaired) electrons. The Kier molecular flexibility index (Phi) is 2.92. The quantitative estimate of drug-likeness (QED) is 0.486. The average molecular weight is 113 g/mol. The minimum Gasteiger partial charge on any atom is -0.258 e. The van der Waals surface area contributed by atoms with Crippen LogP contribution in [-0.2, 0) is 0 Å². The number of hydrazine groups is 1. The van der Waals surface area contributed by atoms with Gasteiger partial charge in [0.15, 0.2) is 0 Å². The van der Waals surface area contributed by atoms with Gasteiger partial charge < -0.3 is 0 Å². The second-order valence-corrected chi connectivity index (χ2v) is 2.12. The summed E-state index contributed by atoms with van der Waals surface area (Å²) in [5.41, 5.74) is 6.09. The molecule has 0 aliphatic carbocycles. The molecule has 47 valence electrons. The van der Waals surface area contributed by atoms with Gasteiger partial charge in [-0.1, -0.05) is 12.8 Å². The van der Waals surface area contributed by atoms with E-state index in [1.54, 1.807) is 0 Å². The van der Waals surface area contributed by atoms with E-state index in [1.807, 2.05) is 0 Å². The zero-order valence-electron chi connectivity index (χ0n) is 5.11. The highest BCUT2D eigenvalue weighted by Crippen LogP contribution is 2.00. The maximum absolute atomic E-state index is 3.08. The lowest BCUT2D eigenvalue weighted by molar-refractivity contribution is 0.497. The van der Waals surface area contributed by atoms with Crippen molar-refractivity contribution in [1.29, 1.82) is 0 Å². The first kappa shape index (κ1) is 6.05. The Labute approximate surface area is 50.6 Å². The van der Waals surface area contributed by atoms with Crippen molar-refractivity contribution in [2.24, 2.45) is 0 Å². The fourth-order valence-electron chi connectivity index (χ4n) is 0.853. The number of nitrogens with one attached hydrogen (secondary N) is 2. The third kappa shape index (κ3) is 2.28. The third-order valence-electron chi connectivity index (χ3n) is 1.35. The Hall–Kier alpha value is -0.0800. The van der Waals surface area contributed by atoms with Crippen LogP contribution < -0.4 is 10.9 Å². The number of hydrogen-bond donors (Lipinski definition) is 2. The molecule has 1 aliphatic heterocycles. The zero-order valence-corrected chi connectivity index (χ0v) is 5.11. The van der Waals surface area contributed by atoms with E-state index >= 15 is 0 Å². The topological polar surface area (TPSA) is 24.1 Å². The van der Waals surface area contributed by atoms with Crippen molar-refractivity contribution in [2.45, 2.75) is 25.7 Å². The summed E-state index contributed by atoms with van der Waals surface area (Å²) in [5.74, 6) is 0. The predicted molar refractivity (Wildman–Crippen MR) is 33.9 cm³/mol. The molecule has 8 heavy (non-hydrogen) atoms. The van der Waals surface area contributed by atoms with Gasteiger partial charge in [0.25, 0.3) is 0 Å². The summed E-state index contributed by atoms with van der Waals surface area (Å²) in [6.45, 7) is 3.19. The smallest absolute Gasteiger partial charge is 0.0379 e. The first-order chi connectivity index (χ1) is 4.00. The standard InChI is InChI=1S/C6H13N2/c1-2-4-6-8-7-5-3-1/h5,7-8H,1-4,6H2. The molecule has 2 nitrogen and oxygen atoms in total. The fourth-order valence-corrected chi connectivity index (χ4v) is 0.853. The Morgan fingerprint density at radius 2 is 2.12 bits per heavy atom. The van der Waals surface area contributed by atoms with E-state index in [-0.39, 0.29) is 0 Å². The molecule has 2 N–H and O–H groups in total. The van der Waals surface area contributed by atoms with Crippen LogP contribution >= 0.6 is 0 Å². The molecular weight excluding hydrogens is 100 g/mol. The predicted octanol–water partition coefficient (Wildman–Crippen LogP) is 0.816. The summed E-state index contributed by atoms with van der Waals surface area (Å²) >= 11 is 0. The molecule has 0 aromatic heterocycles. The largest absolute Gasteiger partial charge is 0.258 e. The van der Waals surface area contributed by atoms with E-state index in [9.17, 15) is 0 Å². The van der Waals surface area contributed by atoms with Crippen LogP contribution in [0.5, 0.6) is 0 Å². The summed E-state index contributed by atoms with van der Waals surface area (Å²) in [4.78, 5) is 0. The van der Waals surface area contributed by atoms with Crippen LogP contribution in [0.15, 0.2) is 0 Å². The summed E-state index contributed by atoms with van der Waals surface area (Å²) in [5, 5.41) is 0. The van der Waals surface area contributed by atoms with Crippen LogP contribution in [0, 0.1) is 6.54 Å². The van der Waals surface area contributed by atoms with Crippen LogP contribution in [0.4, 0.5) is 0 Å². The number of hydrogen-bond acceptors (Lipinski definition) is 2. The molecule has 1 aliphatic rings. The van der Waals surface area contributed by atoms with Gasteiger partial charge in [0.2, 0.25) is 0 Å². The second-order valence-electron chi connectivity index (χ2n) is 2.12. The molecule has 0 saturated carbocycles. The van der Waals surface area contributed by atoms with Crippen molar-refractivity contribution in [3.05, 3.63) is 6.54 Å². The van der Waals surface area contributed by atoms with Gasteiger partial charge in [0.05, 0.1) is 0 Å². The number of rotatable bonds is 0. The molecule has 1 fully saturated rings. The molecule has 0 amide bonds. The van der Waals surface area contributed by atoms with Gasteiger partial charge in [0.1, 0.15) is 0 Å². The molecule has 2 heteroatoms. The molecule has 1 rings (SSSR count). The Morgan fingerprint density at radius 1 is 1.12 bits per heavy atom. The summed E-state index contributed by atoms with van der Waals surface area (Å²) in [6, 6.07) is 0. The van der Waals surface area contributed by atoms with Gasteiger partial charge >= 0.3 is 0 Å². The minimum atomic E-state index is 1.11. The van der Waals surface area contributed by atoms with Crippen LogP contribution in [0.1, 0.15) is 25.7 Å². The van der Waals surface area contributed by atoms with E-state index in [2.05, 4.69) is 17.4 Å². The molecule has 1 heterocycles. The highest BCUT2D eigenvalue weighted by molar-refractivity contribution is 4.61. The first-order valence-electron chi connectivity index (χ1n) is 3.30. The Balaban J connectivity index is 2.00. The molecule has 0 aromatic rings. The van der Waals surface area contributed by atoms with E-state index in [0.29, 0.717) is 0 Å². The van der Waals surface area contributed by atoms with Crippen molar-refractivity contribution in [3.63, 3.8) is 0 Å². The van der Waals surface area contributed by atoms with Crippen LogP contribution in [0.2, 0.25) is 0 Å². The van der Waals surface area contributed by atoms with Gasteiger partial charge in [0, 0.05) is 13.1 Å². The van der Waals surface area contributed by atoms with Crippen LogP contribution in [0.3, 0.4) is 0 Å². The van der Waals surface area contributed by atoms with Crippen molar-refractivity contribution in [1.82, 2.24) is 10.9 Å². The molecule has 0 bridgehead atoms. The summed E-state index contributed by atoms with van der Waals surface area (Å²) in [6.07, 6.45) is 5.22. The third-order valence-corrected chi connectivity index (χ3v) is 1.35. The Morgan fingerprint density at radius 3 is 3.12 bits per heavy atom. The van der Waals surface area contributed by atoms with Gasteiger partial charge in [-0.2, -0.15) is 0 Å². The first-order valence-corrected chi connectivity index (χ1v) is 3.30. The monoisotopic (exact) mass is 113 g/mol. The molecule has 0 atom stereocenters. The molecule has 0 unspecified atom stereocenters. The van der Waals surface area contributed by atoms with Crippen LogP contribution in [-0.4, -0.2) is 6.54 Å². The van der Waals surface area contributed by atoms with E-state index in [0.717, 1.165) is 6.54 Å². The molecule has 0 spiro atoms. The van der Waals surface area contributed by atoms with Gasteiger partial charge in [-0.05, 0) is 12.8 Å².